The van der Waals surface area contributed by atoms with Crippen LogP contribution in [-0.4, -0.2) is 87.6 Å². The summed E-state index contributed by atoms with van der Waals surface area (Å²) in [5.41, 5.74) is 1.17. The first-order chi connectivity index (χ1) is 15.7. The molecule has 2 heterocycles. The van der Waals surface area contributed by atoms with E-state index in [-0.39, 0.29) is 29.6 Å². The zero-order chi connectivity index (χ0) is 24.2. The summed E-state index contributed by atoms with van der Waals surface area (Å²) in [4.78, 5) is 28.6. The lowest BCUT2D eigenvalue weighted by Gasteiger charge is -2.36. The Morgan fingerprint density at radius 3 is 2.30 bits per heavy atom. The number of aryl methyl sites for hydroxylation is 1. The normalized spacial score (nSPS) is 14.5. The number of nitrogens with zero attached hydrogens (tertiary/aromatic N) is 4. The number of benzene rings is 1. The van der Waals surface area contributed by atoms with E-state index in [4.69, 9.17) is 9.47 Å². The molecule has 0 spiro atoms. The molecule has 1 aromatic carbocycles. The van der Waals surface area contributed by atoms with Gasteiger partial charge in [0.2, 0.25) is 15.9 Å². The number of hydrogen-bond acceptors (Lipinski definition) is 7. The largest absolute Gasteiger partial charge is 0.497 e. The maximum absolute atomic E-state index is 13.0. The molecule has 1 fully saturated rings. The Bertz CT molecular complexity index is 1090. The lowest BCUT2D eigenvalue weighted by Crippen LogP contribution is -2.51. The van der Waals surface area contributed by atoms with Gasteiger partial charge in [-0.15, -0.1) is 0 Å². The van der Waals surface area contributed by atoms with Crippen molar-refractivity contribution in [3.8, 4) is 5.75 Å². The number of rotatable bonds is 8. The third-order valence-corrected chi connectivity index (χ3v) is 7.37. The number of amides is 1. The van der Waals surface area contributed by atoms with Gasteiger partial charge in [0, 0.05) is 52.2 Å². The Labute approximate surface area is 194 Å². The Morgan fingerprint density at radius 2 is 1.73 bits per heavy atom. The summed E-state index contributed by atoms with van der Waals surface area (Å²) in [6, 6.07) is 9.00. The van der Waals surface area contributed by atoms with E-state index in [1.165, 1.54) is 23.9 Å². The molecule has 1 aliphatic rings. The molecule has 180 valence electrons. The highest BCUT2D eigenvalue weighted by molar-refractivity contribution is 7.89. The Balaban J connectivity index is 1.60. The molecule has 1 aliphatic heterocycles. The summed E-state index contributed by atoms with van der Waals surface area (Å²) in [6.07, 6.45) is 1.34. The van der Waals surface area contributed by atoms with Crippen LogP contribution in [0.2, 0.25) is 0 Å². The SMILES string of the molecule is CCOC(=O)c1cc(S(=O)(=O)N(C)CC(=O)N2CCN(c3ccc(OC)cc3)CC2)cn1C. The van der Waals surface area contributed by atoms with Gasteiger partial charge in [-0.2, -0.15) is 4.31 Å². The van der Waals surface area contributed by atoms with Crippen LogP contribution in [0.3, 0.4) is 0 Å². The summed E-state index contributed by atoms with van der Waals surface area (Å²) in [5, 5.41) is 0. The second-order valence-corrected chi connectivity index (χ2v) is 9.76. The van der Waals surface area contributed by atoms with Crippen molar-refractivity contribution in [2.24, 2.45) is 7.05 Å². The standard InChI is InChI=1S/C22H30N4O6S/c1-5-32-22(28)20-14-19(15-23(20)2)33(29,30)24(3)16-21(27)26-12-10-25(11-13-26)17-6-8-18(31-4)9-7-17/h6-9,14-15H,5,10-13,16H2,1-4H3. The van der Waals surface area contributed by atoms with Crippen LogP contribution in [0, 0.1) is 0 Å². The minimum Gasteiger partial charge on any atom is -0.497 e. The van der Waals surface area contributed by atoms with Crippen molar-refractivity contribution < 1.29 is 27.5 Å². The van der Waals surface area contributed by atoms with Crippen molar-refractivity contribution in [3.05, 3.63) is 42.2 Å². The highest BCUT2D eigenvalue weighted by Crippen LogP contribution is 2.21. The minimum absolute atomic E-state index is 0.0623. The van der Waals surface area contributed by atoms with Crippen molar-refractivity contribution in [1.82, 2.24) is 13.8 Å². The summed E-state index contributed by atoms with van der Waals surface area (Å²) in [6.45, 7) is 3.87. The monoisotopic (exact) mass is 478 g/mol. The highest BCUT2D eigenvalue weighted by Gasteiger charge is 2.29. The van der Waals surface area contributed by atoms with Crippen molar-refractivity contribution in [1.29, 1.82) is 0 Å². The lowest BCUT2D eigenvalue weighted by atomic mass is 10.2. The fraction of sp³-hybridized carbons (Fsp3) is 0.455. The van der Waals surface area contributed by atoms with Crippen LogP contribution in [0.4, 0.5) is 5.69 Å². The van der Waals surface area contributed by atoms with Gasteiger partial charge in [-0.05, 0) is 37.3 Å². The van der Waals surface area contributed by atoms with Crippen LogP contribution < -0.4 is 9.64 Å². The molecular formula is C22H30N4O6S. The third kappa shape index (κ3) is 5.48. The summed E-state index contributed by atoms with van der Waals surface area (Å²) in [5.74, 6) is -0.0866. The molecule has 0 aliphatic carbocycles. The van der Waals surface area contributed by atoms with Crippen molar-refractivity contribution >= 4 is 27.6 Å². The Kier molecular flexibility index (Phi) is 7.65. The average Bonchev–Trinajstić information content (AvgIpc) is 3.22. The number of hydrogen-bond donors (Lipinski definition) is 0. The smallest absolute Gasteiger partial charge is 0.354 e. The second-order valence-electron chi connectivity index (χ2n) is 7.72. The number of likely N-dealkylation sites (N-methyl/N-ethyl adjacent to an activating group) is 1. The number of piperazine rings is 1. The van der Waals surface area contributed by atoms with Gasteiger partial charge in [-0.25, -0.2) is 13.2 Å². The molecular weight excluding hydrogens is 448 g/mol. The minimum atomic E-state index is -3.95. The van der Waals surface area contributed by atoms with Gasteiger partial charge in [0.1, 0.15) is 16.3 Å². The molecule has 10 nitrogen and oxygen atoms in total. The predicted molar refractivity (Wildman–Crippen MR) is 123 cm³/mol. The highest BCUT2D eigenvalue weighted by atomic mass is 32.2. The van der Waals surface area contributed by atoms with Crippen LogP contribution in [-0.2, 0) is 26.6 Å². The fourth-order valence-electron chi connectivity index (χ4n) is 3.65. The molecule has 0 N–H and O–H groups in total. The maximum Gasteiger partial charge on any atom is 0.354 e. The maximum atomic E-state index is 13.0. The van der Waals surface area contributed by atoms with Crippen molar-refractivity contribution in [2.75, 3.05) is 58.4 Å². The summed E-state index contributed by atoms with van der Waals surface area (Å²) < 4.78 is 38.5. The van der Waals surface area contributed by atoms with Gasteiger partial charge in [0.25, 0.3) is 0 Å². The van der Waals surface area contributed by atoms with Crippen LogP contribution >= 0.6 is 0 Å². The van der Waals surface area contributed by atoms with E-state index in [0.29, 0.717) is 26.2 Å². The Morgan fingerprint density at radius 1 is 1.09 bits per heavy atom. The first kappa shape index (κ1) is 24.6. The number of sulfonamides is 1. The topological polar surface area (TPSA) is 101 Å². The number of carbonyl (C=O) groups is 2. The number of aromatic nitrogens is 1. The van der Waals surface area contributed by atoms with Crippen LogP contribution in [0.15, 0.2) is 41.4 Å². The zero-order valence-corrected chi connectivity index (χ0v) is 20.2. The molecule has 11 heteroatoms. The molecule has 0 atom stereocenters. The molecule has 0 saturated carbocycles. The summed E-state index contributed by atoms with van der Waals surface area (Å²) in [7, 11) is 0.598. The van der Waals surface area contributed by atoms with Gasteiger partial charge >= 0.3 is 5.97 Å². The first-order valence-electron chi connectivity index (χ1n) is 10.6. The van der Waals surface area contributed by atoms with Gasteiger partial charge < -0.3 is 23.8 Å². The van der Waals surface area contributed by atoms with E-state index < -0.39 is 16.0 Å². The van der Waals surface area contributed by atoms with Crippen molar-refractivity contribution in [2.45, 2.75) is 11.8 Å². The molecule has 3 rings (SSSR count). The zero-order valence-electron chi connectivity index (χ0n) is 19.4. The van der Waals surface area contributed by atoms with Crippen LogP contribution in [0.25, 0.3) is 0 Å². The van der Waals surface area contributed by atoms with E-state index in [1.807, 2.05) is 24.3 Å². The number of esters is 1. The van der Waals surface area contributed by atoms with Crippen LogP contribution in [0.1, 0.15) is 17.4 Å². The predicted octanol–water partition coefficient (Wildman–Crippen LogP) is 1.18. The second kappa shape index (κ2) is 10.3. The molecule has 0 bridgehead atoms. The molecule has 1 amide bonds. The van der Waals surface area contributed by atoms with Crippen molar-refractivity contribution in [3.63, 3.8) is 0 Å². The van der Waals surface area contributed by atoms with Gasteiger partial charge in [0.05, 0.1) is 20.3 Å². The van der Waals surface area contributed by atoms with E-state index >= 15 is 0 Å². The lowest BCUT2D eigenvalue weighted by molar-refractivity contribution is -0.131. The molecule has 1 saturated heterocycles. The molecule has 0 radical (unpaired) electrons. The fourth-order valence-corrected chi connectivity index (χ4v) is 4.84. The molecule has 33 heavy (non-hydrogen) atoms. The van der Waals surface area contributed by atoms with E-state index in [2.05, 4.69) is 4.90 Å². The molecule has 0 unspecified atom stereocenters. The number of anilines is 1. The van der Waals surface area contributed by atoms with E-state index in [0.717, 1.165) is 15.7 Å². The van der Waals surface area contributed by atoms with Gasteiger partial charge in [0.15, 0.2) is 0 Å². The third-order valence-electron chi connectivity index (χ3n) is 5.60. The quantitative estimate of drug-likeness (QED) is 0.525. The van der Waals surface area contributed by atoms with E-state index in [9.17, 15) is 18.0 Å². The summed E-state index contributed by atoms with van der Waals surface area (Å²) >= 11 is 0. The number of methoxy groups -OCH3 is 1. The molecule has 1 aromatic heterocycles. The Hall–Kier alpha value is -3.05. The number of ether oxygens (including phenoxy) is 2. The molecule has 2 aromatic rings. The number of carbonyl (C=O) groups excluding carboxylic acids is 2. The average molecular weight is 479 g/mol. The van der Waals surface area contributed by atoms with Crippen LogP contribution in [0.5, 0.6) is 5.75 Å². The van der Waals surface area contributed by atoms with E-state index in [1.54, 1.807) is 26.0 Å². The first-order valence-corrected chi connectivity index (χ1v) is 12.1. The van der Waals surface area contributed by atoms with Gasteiger partial charge in [-0.1, -0.05) is 0 Å². The van der Waals surface area contributed by atoms with Gasteiger partial charge in [-0.3, -0.25) is 4.79 Å².